The molecule has 0 saturated carbocycles. The molecular weight excluding hydrogens is 729 g/mol. The monoisotopic (exact) mass is 768 g/mol. The fourth-order valence-electron chi connectivity index (χ4n) is 10.1. The molecule has 2 aliphatic rings. The topological polar surface area (TPSA) is 19.6 Å². The highest BCUT2D eigenvalue weighted by Gasteiger charge is 2.53. The molecule has 0 saturated heterocycles. The van der Waals surface area contributed by atoms with Gasteiger partial charge in [-0.3, -0.25) is 0 Å². The van der Waals surface area contributed by atoms with Crippen LogP contribution in [-0.2, 0) is 5.41 Å². The SMILES string of the molecule is Cc1ccc(N(c2ccccc2)c2ccc3c(c2)C2(c4cc(N(c5ccccc5)c5ccc(C)cc5)ccc4-3)c3ccccc3-c3c2ccc2c3oc3ccccc32)cc1. The number of hydrogen-bond acceptors (Lipinski definition) is 3. The van der Waals surface area contributed by atoms with Gasteiger partial charge in [-0.05, 0) is 132 Å². The first-order chi connectivity index (χ1) is 29.6. The number of para-hydroxylation sites is 3. The van der Waals surface area contributed by atoms with Gasteiger partial charge in [0, 0.05) is 50.5 Å². The summed E-state index contributed by atoms with van der Waals surface area (Å²) >= 11 is 0. The summed E-state index contributed by atoms with van der Waals surface area (Å²) in [6.07, 6.45) is 0. The fourth-order valence-corrected chi connectivity index (χ4v) is 10.1. The summed E-state index contributed by atoms with van der Waals surface area (Å²) in [5.74, 6) is 0. The van der Waals surface area contributed by atoms with Crippen LogP contribution in [0.5, 0.6) is 0 Å². The zero-order chi connectivity index (χ0) is 40.0. The molecule has 2 aliphatic carbocycles. The second-order valence-electron chi connectivity index (χ2n) is 16.2. The molecule has 0 atom stereocenters. The van der Waals surface area contributed by atoms with Gasteiger partial charge in [-0.2, -0.15) is 0 Å². The predicted molar refractivity (Wildman–Crippen MR) is 249 cm³/mol. The minimum atomic E-state index is -0.638. The summed E-state index contributed by atoms with van der Waals surface area (Å²) in [5, 5.41) is 2.28. The van der Waals surface area contributed by atoms with E-state index in [2.05, 4.69) is 230 Å². The van der Waals surface area contributed by atoms with E-state index in [1.165, 1.54) is 55.6 Å². The highest BCUT2D eigenvalue weighted by molar-refractivity contribution is 6.13. The smallest absolute Gasteiger partial charge is 0.143 e. The van der Waals surface area contributed by atoms with Crippen molar-refractivity contribution >= 4 is 56.1 Å². The van der Waals surface area contributed by atoms with Gasteiger partial charge >= 0.3 is 0 Å². The molecular formula is C57H40N2O. The third kappa shape index (κ3) is 4.96. The molecule has 60 heavy (non-hydrogen) atoms. The van der Waals surface area contributed by atoms with Gasteiger partial charge in [0.25, 0.3) is 0 Å². The van der Waals surface area contributed by atoms with Crippen molar-refractivity contribution in [3.63, 3.8) is 0 Å². The summed E-state index contributed by atoms with van der Waals surface area (Å²) < 4.78 is 6.89. The maximum atomic E-state index is 6.89. The average Bonchev–Trinajstić information content (AvgIpc) is 3.92. The summed E-state index contributed by atoms with van der Waals surface area (Å²) in [5.41, 5.74) is 20.3. The van der Waals surface area contributed by atoms with Gasteiger partial charge in [0.1, 0.15) is 11.2 Å². The van der Waals surface area contributed by atoms with E-state index in [1.807, 2.05) is 0 Å². The molecule has 3 nitrogen and oxygen atoms in total. The lowest BCUT2D eigenvalue weighted by molar-refractivity contribution is 0.669. The van der Waals surface area contributed by atoms with Gasteiger partial charge in [-0.1, -0.05) is 139 Å². The molecule has 0 amide bonds. The number of benzene rings is 9. The predicted octanol–water partition coefficient (Wildman–Crippen LogP) is 15.5. The highest BCUT2D eigenvalue weighted by atomic mass is 16.3. The minimum Gasteiger partial charge on any atom is -0.455 e. The van der Waals surface area contributed by atoms with Crippen LogP contribution in [0.25, 0.3) is 44.2 Å². The highest BCUT2D eigenvalue weighted by Crippen LogP contribution is 2.65. The normalized spacial score (nSPS) is 13.0. The van der Waals surface area contributed by atoms with E-state index in [1.54, 1.807) is 0 Å². The molecule has 10 aromatic rings. The molecule has 1 aromatic heterocycles. The Morgan fingerprint density at radius 3 is 1.42 bits per heavy atom. The number of hydrogen-bond donors (Lipinski definition) is 0. The summed E-state index contributed by atoms with van der Waals surface area (Å²) in [4.78, 5) is 4.78. The Labute approximate surface area is 350 Å². The maximum absolute atomic E-state index is 6.89. The molecule has 1 heterocycles. The van der Waals surface area contributed by atoms with Gasteiger partial charge in [-0.25, -0.2) is 0 Å². The van der Waals surface area contributed by atoms with Crippen LogP contribution in [-0.4, -0.2) is 0 Å². The summed E-state index contributed by atoms with van der Waals surface area (Å²) in [7, 11) is 0. The lowest BCUT2D eigenvalue weighted by atomic mass is 9.70. The Kier molecular flexibility index (Phi) is 7.58. The minimum absolute atomic E-state index is 0.638. The first-order valence-electron chi connectivity index (χ1n) is 20.8. The van der Waals surface area contributed by atoms with Crippen LogP contribution in [0.3, 0.4) is 0 Å². The van der Waals surface area contributed by atoms with Crippen LogP contribution in [0, 0.1) is 13.8 Å². The van der Waals surface area contributed by atoms with Crippen LogP contribution in [0.4, 0.5) is 34.1 Å². The van der Waals surface area contributed by atoms with Crippen molar-refractivity contribution in [3.05, 3.63) is 240 Å². The Morgan fingerprint density at radius 1 is 0.350 bits per heavy atom. The van der Waals surface area contributed by atoms with E-state index in [0.717, 1.165) is 56.1 Å². The van der Waals surface area contributed by atoms with Crippen molar-refractivity contribution in [2.24, 2.45) is 0 Å². The quantitative estimate of drug-likeness (QED) is 0.168. The van der Waals surface area contributed by atoms with Gasteiger partial charge in [0.2, 0.25) is 0 Å². The van der Waals surface area contributed by atoms with Crippen LogP contribution < -0.4 is 9.80 Å². The van der Waals surface area contributed by atoms with Crippen LogP contribution >= 0.6 is 0 Å². The first-order valence-corrected chi connectivity index (χ1v) is 20.8. The second kappa shape index (κ2) is 13.2. The van der Waals surface area contributed by atoms with Crippen molar-refractivity contribution < 1.29 is 4.42 Å². The zero-order valence-corrected chi connectivity index (χ0v) is 33.4. The van der Waals surface area contributed by atoms with E-state index in [9.17, 15) is 0 Å². The van der Waals surface area contributed by atoms with Crippen molar-refractivity contribution in [1.29, 1.82) is 0 Å². The van der Waals surface area contributed by atoms with Crippen LogP contribution in [0.15, 0.2) is 211 Å². The number of aryl methyl sites for hydroxylation is 2. The maximum Gasteiger partial charge on any atom is 0.143 e. The van der Waals surface area contributed by atoms with E-state index in [0.29, 0.717) is 0 Å². The number of nitrogens with zero attached hydrogens (tertiary/aromatic N) is 2. The zero-order valence-electron chi connectivity index (χ0n) is 33.4. The van der Waals surface area contributed by atoms with Crippen LogP contribution in [0.2, 0.25) is 0 Å². The Balaban J connectivity index is 1.17. The number of anilines is 6. The van der Waals surface area contributed by atoms with Crippen molar-refractivity contribution in [1.82, 2.24) is 0 Å². The molecule has 284 valence electrons. The molecule has 0 radical (unpaired) electrons. The standard InChI is InChI=1S/C57H40N2O/c1-37-21-25-41(26-22-37)58(39-13-5-3-6-14-39)43-29-31-45-46-32-30-44(59(40-15-7-4-8-16-40)42-27-23-38(2)24-28-42)36-53(46)57(52(45)35-43)50-19-11-9-18-49(50)55-51(57)34-33-48-47-17-10-12-20-54(47)60-56(48)55/h3-36H,1-2H3. The van der Waals surface area contributed by atoms with Gasteiger partial charge in [-0.15, -0.1) is 0 Å². The lowest BCUT2D eigenvalue weighted by Gasteiger charge is -2.33. The van der Waals surface area contributed by atoms with Crippen molar-refractivity contribution in [2.45, 2.75) is 19.3 Å². The van der Waals surface area contributed by atoms with Gasteiger partial charge in [0.05, 0.1) is 5.41 Å². The van der Waals surface area contributed by atoms with Gasteiger partial charge < -0.3 is 14.2 Å². The number of furan rings is 1. The molecule has 12 rings (SSSR count). The van der Waals surface area contributed by atoms with E-state index in [4.69, 9.17) is 4.42 Å². The third-order valence-corrected chi connectivity index (χ3v) is 12.8. The molecule has 9 aromatic carbocycles. The Hall–Kier alpha value is -7.62. The number of rotatable bonds is 6. The second-order valence-corrected chi connectivity index (χ2v) is 16.2. The third-order valence-electron chi connectivity index (χ3n) is 12.8. The van der Waals surface area contributed by atoms with E-state index in [-0.39, 0.29) is 0 Å². The van der Waals surface area contributed by atoms with Gasteiger partial charge in [0.15, 0.2) is 0 Å². The summed E-state index contributed by atoms with van der Waals surface area (Å²) in [6.45, 7) is 4.29. The van der Waals surface area contributed by atoms with E-state index < -0.39 is 5.41 Å². The summed E-state index contributed by atoms with van der Waals surface area (Å²) in [6, 6.07) is 75.6. The molecule has 0 aliphatic heterocycles. The molecule has 3 heteroatoms. The van der Waals surface area contributed by atoms with E-state index >= 15 is 0 Å². The van der Waals surface area contributed by atoms with Crippen LogP contribution in [0.1, 0.15) is 33.4 Å². The van der Waals surface area contributed by atoms with Crippen molar-refractivity contribution in [3.8, 4) is 22.3 Å². The largest absolute Gasteiger partial charge is 0.455 e. The lowest BCUT2D eigenvalue weighted by Crippen LogP contribution is -2.26. The molecule has 0 fully saturated rings. The van der Waals surface area contributed by atoms with Crippen molar-refractivity contribution in [2.75, 3.05) is 9.80 Å². The Morgan fingerprint density at radius 2 is 0.833 bits per heavy atom. The fraction of sp³-hybridized carbons (Fsp3) is 0.0526. The molecule has 0 unspecified atom stereocenters. The molecule has 0 bridgehead atoms. The Bertz CT molecular complexity index is 3130. The molecule has 1 spiro atoms. The number of fused-ring (bicyclic) bond motifs is 14. The average molecular weight is 769 g/mol. The first kappa shape index (κ1) is 34.4. The molecule has 0 N–H and O–H groups in total.